The second-order valence-electron chi connectivity index (χ2n) is 4.19. The molecule has 78 valence electrons. The second kappa shape index (κ2) is 4.13. The minimum atomic E-state index is -0.132. The number of aliphatic hydroxyl groups is 1. The lowest BCUT2D eigenvalue weighted by molar-refractivity contribution is 0.0668. The summed E-state index contributed by atoms with van der Waals surface area (Å²) >= 11 is 0. The van der Waals surface area contributed by atoms with Gasteiger partial charge in [-0.05, 0) is 31.2 Å². The van der Waals surface area contributed by atoms with Gasteiger partial charge in [0.25, 0.3) is 0 Å². The van der Waals surface area contributed by atoms with Crippen molar-refractivity contribution in [3.8, 4) is 0 Å². The summed E-state index contributed by atoms with van der Waals surface area (Å²) in [4.78, 5) is 0. The maximum atomic E-state index is 9.65. The third-order valence-electron chi connectivity index (χ3n) is 3.32. The lowest BCUT2D eigenvalue weighted by Gasteiger charge is -2.33. The van der Waals surface area contributed by atoms with E-state index in [0.717, 1.165) is 19.3 Å². The Balaban J connectivity index is 2.13. The summed E-state index contributed by atoms with van der Waals surface area (Å²) in [6.45, 7) is 2.22. The van der Waals surface area contributed by atoms with Crippen molar-refractivity contribution >= 4 is 0 Å². The largest absolute Gasteiger partial charge is 0.393 e. The first-order chi connectivity index (χ1) is 6.81. The first-order valence-electron chi connectivity index (χ1n) is 5.48. The molecule has 0 spiro atoms. The predicted molar refractivity (Wildman–Crippen MR) is 54.9 cm³/mol. The first kappa shape index (κ1) is 9.71. The van der Waals surface area contributed by atoms with Crippen LogP contribution in [0.15, 0.2) is 18.5 Å². The molecule has 1 saturated carbocycles. The Kier molecular flexibility index (Phi) is 2.87. The van der Waals surface area contributed by atoms with Crippen molar-refractivity contribution < 1.29 is 5.11 Å². The van der Waals surface area contributed by atoms with Crippen molar-refractivity contribution in [2.24, 2.45) is 5.92 Å². The zero-order valence-corrected chi connectivity index (χ0v) is 8.63. The highest BCUT2D eigenvalue weighted by molar-refractivity contribution is 4.88. The van der Waals surface area contributed by atoms with Crippen LogP contribution in [-0.2, 0) is 0 Å². The van der Waals surface area contributed by atoms with Crippen LogP contribution in [0.4, 0.5) is 0 Å². The van der Waals surface area contributed by atoms with Crippen LogP contribution in [-0.4, -0.2) is 21.0 Å². The molecule has 0 amide bonds. The van der Waals surface area contributed by atoms with Crippen LogP contribution < -0.4 is 0 Å². The topological polar surface area (TPSA) is 38.0 Å². The van der Waals surface area contributed by atoms with Gasteiger partial charge in [-0.2, -0.15) is 5.10 Å². The van der Waals surface area contributed by atoms with E-state index in [9.17, 15) is 5.11 Å². The van der Waals surface area contributed by atoms with Crippen molar-refractivity contribution in [2.75, 3.05) is 0 Å². The molecule has 1 fully saturated rings. The van der Waals surface area contributed by atoms with Crippen LogP contribution in [0.25, 0.3) is 0 Å². The fourth-order valence-corrected chi connectivity index (χ4v) is 2.46. The normalized spacial score (nSPS) is 33.1. The van der Waals surface area contributed by atoms with E-state index in [2.05, 4.69) is 12.0 Å². The van der Waals surface area contributed by atoms with Gasteiger partial charge in [0.15, 0.2) is 0 Å². The van der Waals surface area contributed by atoms with E-state index in [4.69, 9.17) is 0 Å². The van der Waals surface area contributed by atoms with Gasteiger partial charge in [-0.1, -0.05) is 13.3 Å². The average molecular weight is 194 g/mol. The molecule has 0 radical (unpaired) electrons. The first-order valence-corrected chi connectivity index (χ1v) is 5.48. The van der Waals surface area contributed by atoms with E-state index < -0.39 is 0 Å². The molecule has 0 aromatic carbocycles. The SMILES string of the molecule is CCC1CCC(O)CC1n1cccn1. The molecule has 1 N–H and O–H groups in total. The minimum Gasteiger partial charge on any atom is -0.393 e. The van der Waals surface area contributed by atoms with Crippen molar-refractivity contribution in [2.45, 2.75) is 44.8 Å². The average Bonchev–Trinajstić information content (AvgIpc) is 2.70. The van der Waals surface area contributed by atoms with Crippen molar-refractivity contribution in [1.82, 2.24) is 9.78 Å². The highest BCUT2D eigenvalue weighted by Crippen LogP contribution is 2.35. The zero-order valence-electron chi connectivity index (χ0n) is 8.63. The summed E-state index contributed by atoms with van der Waals surface area (Å²) in [5.41, 5.74) is 0. The smallest absolute Gasteiger partial charge is 0.0571 e. The highest BCUT2D eigenvalue weighted by atomic mass is 16.3. The molecule has 0 aliphatic heterocycles. The number of aromatic nitrogens is 2. The standard InChI is InChI=1S/C11H18N2O/c1-2-9-4-5-10(14)8-11(9)13-7-3-6-12-13/h3,6-7,9-11,14H,2,4-5,8H2,1H3. The van der Waals surface area contributed by atoms with E-state index in [0.29, 0.717) is 12.0 Å². The molecule has 0 saturated heterocycles. The lowest BCUT2D eigenvalue weighted by Crippen LogP contribution is -2.30. The fraction of sp³-hybridized carbons (Fsp3) is 0.727. The third kappa shape index (κ3) is 1.82. The van der Waals surface area contributed by atoms with E-state index in [1.54, 1.807) is 0 Å². The molecule has 1 heterocycles. The summed E-state index contributed by atoms with van der Waals surface area (Å²) in [5, 5.41) is 13.9. The van der Waals surface area contributed by atoms with Gasteiger partial charge in [-0.15, -0.1) is 0 Å². The Hall–Kier alpha value is -0.830. The van der Waals surface area contributed by atoms with Crippen LogP contribution in [0.5, 0.6) is 0 Å². The summed E-state index contributed by atoms with van der Waals surface area (Å²) in [6.07, 6.45) is 7.81. The highest BCUT2D eigenvalue weighted by Gasteiger charge is 2.29. The van der Waals surface area contributed by atoms with E-state index in [1.807, 2.05) is 23.1 Å². The van der Waals surface area contributed by atoms with Gasteiger partial charge < -0.3 is 5.11 Å². The molecule has 3 nitrogen and oxygen atoms in total. The Morgan fingerprint density at radius 1 is 1.50 bits per heavy atom. The molecule has 1 aromatic rings. The number of hydrogen-bond acceptors (Lipinski definition) is 2. The zero-order chi connectivity index (χ0) is 9.97. The van der Waals surface area contributed by atoms with Gasteiger partial charge in [0.1, 0.15) is 0 Å². The molecule has 1 aromatic heterocycles. The molecule has 0 bridgehead atoms. The van der Waals surface area contributed by atoms with Crippen molar-refractivity contribution in [1.29, 1.82) is 0 Å². The van der Waals surface area contributed by atoms with Crippen LogP contribution in [0, 0.1) is 5.92 Å². The van der Waals surface area contributed by atoms with Gasteiger partial charge in [-0.25, -0.2) is 0 Å². The molecule has 1 aliphatic rings. The molecule has 2 rings (SSSR count). The molecule has 1 aliphatic carbocycles. The monoisotopic (exact) mass is 194 g/mol. The van der Waals surface area contributed by atoms with Crippen molar-refractivity contribution in [3.05, 3.63) is 18.5 Å². The van der Waals surface area contributed by atoms with Gasteiger partial charge in [0.05, 0.1) is 12.1 Å². The molecule has 3 unspecified atom stereocenters. The lowest BCUT2D eigenvalue weighted by atomic mass is 9.81. The number of aliphatic hydroxyl groups excluding tert-OH is 1. The van der Waals surface area contributed by atoms with E-state index in [1.165, 1.54) is 6.42 Å². The van der Waals surface area contributed by atoms with Gasteiger partial charge in [0, 0.05) is 12.4 Å². The Morgan fingerprint density at radius 2 is 2.36 bits per heavy atom. The quantitative estimate of drug-likeness (QED) is 0.782. The van der Waals surface area contributed by atoms with E-state index in [-0.39, 0.29) is 6.10 Å². The third-order valence-corrected chi connectivity index (χ3v) is 3.32. The van der Waals surface area contributed by atoms with Gasteiger partial charge in [-0.3, -0.25) is 4.68 Å². The molecular formula is C11H18N2O. The summed E-state index contributed by atoms with van der Waals surface area (Å²) in [7, 11) is 0. The van der Waals surface area contributed by atoms with Crippen LogP contribution in [0.2, 0.25) is 0 Å². The van der Waals surface area contributed by atoms with Crippen LogP contribution in [0.3, 0.4) is 0 Å². The second-order valence-corrected chi connectivity index (χ2v) is 4.19. The maximum Gasteiger partial charge on any atom is 0.0571 e. The predicted octanol–water partition coefficient (Wildman–Crippen LogP) is 2.00. The summed E-state index contributed by atoms with van der Waals surface area (Å²) < 4.78 is 2.01. The maximum absolute atomic E-state index is 9.65. The number of hydrogen-bond donors (Lipinski definition) is 1. The van der Waals surface area contributed by atoms with Gasteiger partial charge in [0.2, 0.25) is 0 Å². The van der Waals surface area contributed by atoms with Crippen molar-refractivity contribution in [3.63, 3.8) is 0 Å². The minimum absolute atomic E-state index is 0.132. The fourth-order valence-electron chi connectivity index (χ4n) is 2.46. The summed E-state index contributed by atoms with van der Waals surface area (Å²) in [6, 6.07) is 2.35. The number of rotatable bonds is 2. The van der Waals surface area contributed by atoms with Gasteiger partial charge >= 0.3 is 0 Å². The molecule has 3 atom stereocenters. The molecule has 3 heteroatoms. The van der Waals surface area contributed by atoms with Crippen LogP contribution >= 0.6 is 0 Å². The Morgan fingerprint density at radius 3 is 3.00 bits per heavy atom. The Bertz CT molecular complexity index is 271. The number of nitrogens with zero attached hydrogens (tertiary/aromatic N) is 2. The van der Waals surface area contributed by atoms with Crippen LogP contribution in [0.1, 0.15) is 38.6 Å². The Labute approximate surface area is 84.7 Å². The molecular weight excluding hydrogens is 176 g/mol. The molecule has 14 heavy (non-hydrogen) atoms. The van der Waals surface area contributed by atoms with E-state index >= 15 is 0 Å². The summed E-state index contributed by atoms with van der Waals surface area (Å²) in [5.74, 6) is 0.679.